The highest BCUT2D eigenvalue weighted by Crippen LogP contribution is 2.42. The minimum atomic E-state index is -0.827. The first-order valence-electron chi connectivity index (χ1n) is 10.6. The molecular formula is C25H29NO7. The van der Waals surface area contributed by atoms with E-state index in [4.69, 9.17) is 18.9 Å². The summed E-state index contributed by atoms with van der Waals surface area (Å²) in [6.07, 6.45) is -0.0295. The quantitative estimate of drug-likeness (QED) is 0.351. The van der Waals surface area contributed by atoms with Crippen molar-refractivity contribution < 1.29 is 33.6 Å². The molecule has 1 saturated heterocycles. The third-order valence-corrected chi connectivity index (χ3v) is 5.39. The maximum Gasteiger partial charge on any atom is 0.295 e. The molecule has 0 spiro atoms. The average molecular weight is 456 g/mol. The molecule has 0 bridgehead atoms. The summed E-state index contributed by atoms with van der Waals surface area (Å²) in [5.41, 5.74) is 0.840. The number of nitrogens with zero attached hydrogens (tertiary/aromatic N) is 1. The number of hydrogen-bond donors (Lipinski definition) is 1. The Balaban J connectivity index is 2.18. The maximum atomic E-state index is 13.2. The SMILES string of the molecule is COc1cccc(C2/C(=C(\O)c3cc(OC)ccc3OC)C(=O)C(=O)N2CCOC(C)C)c1. The molecule has 1 N–H and O–H groups in total. The second kappa shape index (κ2) is 10.4. The summed E-state index contributed by atoms with van der Waals surface area (Å²) < 4.78 is 21.6. The van der Waals surface area contributed by atoms with E-state index >= 15 is 0 Å². The van der Waals surface area contributed by atoms with Crippen molar-refractivity contribution in [1.29, 1.82) is 0 Å². The lowest BCUT2D eigenvalue weighted by Crippen LogP contribution is -2.33. The van der Waals surface area contributed by atoms with Gasteiger partial charge in [-0.15, -0.1) is 0 Å². The summed E-state index contributed by atoms with van der Waals surface area (Å²) in [6, 6.07) is 11.1. The Morgan fingerprint density at radius 1 is 1.00 bits per heavy atom. The number of likely N-dealkylation sites (tertiary alicyclic amines) is 1. The Morgan fingerprint density at radius 3 is 2.33 bits per heavy atom. The van der Waals surface area contributed by atoms with E-state index < -0.39 is 17.7 Å². The fourth-order valence-corrected chi connectivity index (χ4v) is 3.80. The van der Waals surface area contributed by atoms with Crippen molar-refractivity contribution in [3.05, 3.63) is 59.2 Å². The van der Waals surface area contributed by atoms with E-state index in [0.29, 0.717) is 22.8 Å². The minimum absolute atomic E-state index is 0.0295. The Hall–Kier alpha value is -3.52. The number of aliphatic hydroxyl groups is 1. The van der Waals surface area contributed by atoms with Crippen molar-refractivity contribution >= 4 is 17.4 Å². The van der Waals surface area contributed by atoms with Crippen LogP contribution in [0.1, 0.15) is 31.0 Å². The Labute approximate surface area is 193 Å². The first-order valence-corrected chi connectivity index (χ1v) is 10.6. The van der Waals surface area contributed by atoms with Crippen LogP contribution >= 0.6 is 0 Å². The van der Waals surface area contributed by atoms with Gasteiger partial charge in [0.15, 0.2) is 0 Å². The number of carbonyl (C=O) groups excluding carboxylic acids is 2. The molecule has 1 heterocycles. The van der Waals surface area contributed by atoms with Crippen LogP contribution < -0.4 is 14.2 Å². The molecule has 1 aliphatic heterocycles. The summed E-state index contributed by atoms with van der Waals surface area (Å²) >= 11 is 0. The topological polar surface area (TPSA) is 94.5 Å². The number of methoxy groups -OCH3 is 3. The summed E-state index contributed by atoms with van der Waals surface area (Å²) in [7, 11) is 4.49. The predicted molar refractivity (Wildman–Crippen MR) is 123 cm³/mol. The molecular weight excluding hydrogens is 426 g/mol. The third-order valence-electron chi connectivity index (χ3n) is 5.39. The van der Waals surface area contributed by atoms with Gasteiger partial charge in [0.05, 0.1) is 51.2 Å². The lowest BCUT2D eigenvalue weighted by molar-refractivity contribution is -0.140. The molecule has 0 aliphatic carbocycles. The summed E-state index contributed by atoms with van der Waals surface area (Å²) in [6.45, 7) is 4.20. The molecule has 1 atom stereocenters. The number of carbonyl (C=O) groups is 2. The Bertz CT molecular complexity index is 1060. The van der Waals surface area contributed by atoms with Gasteiger partial charge in [-0.2, -0.15) is 0 Å². The van der Waals surface area contributed by atoms with Crippen LogP contribution in [0.15, 0.2) is 48.0 Å². The van der Waals surface area contributed by atoms with Crippen LogP contribution in [-0.4, -0.2) is 62.3 Å². The molecule has 2 aromatic carbocycles. The molecule has 0 aromatic heterocycles. The number of rotatable bonds is 9. The van der Waals surface area contributed by atoms with Gasteiger partial charge in [-0.05, 0) is 49.7 Å². The highest BCUT2D eigenvalue weighted by atomic mass is 16.5. The van der Waals surface area contributed by atoms with Crippen molar-refractivity contribution in [3.8, 4) is 17.2 Å². The number of ether oxygens (including phenoxy) is 4. The van der Waals surface area contributed by atoms with Gasteiger partial charge in [0.2, 0.25) is 0 Å². The zero-order valence-electron chi connectivity index (χ0n) is 19.5. The molecule has 1 amide bonds. The minimum Gasteiger partial charge on any atom is -0.507 e. The van der Waals surface area contributed by atoms with Crippen LogP contribution in [0, 0.1) is 0 Å². The van der Waals surface area contributed by atoms with Crippen molar-refractivity contribution in [2.45, 2.75) is 26.0 Å². The van der Waals surface area contributed by atoms with Gasteiger partial charge < -0.3 is 29.0 Å². The summed E-state index contributed by atoms with van der Waals surface area (Å²) in [5.74, 6) is -0.463. The van der Waals surface area contributed by atoms with Gasteiger partial charge in [-0.25, -0.2) is 0 Å². The van der Waals surface area contributed by atoms with Crippen LogP contribution in [0.3, 0.4) is 0 Å². The molecule has 33 heavy (non-hydrogen) atoms. The molecule has 0 radical (unpaired) electrons. The third kappa shape index (κ3) is 4.96. The number of Topliss-reactive ketones (excluding diaryl/α,β-unsaturated/α-hetero) is 1. The van der Waals surface area contributed by atoms with Gasteiger partial charge in [0, 0.05) is 6.54 Å². The summed E-state index contributed by atoms with van der Waals surface area (Å²) in [5, 5.41) is 11.3. The zero-order chi connectivity index (χ0) is 24.1. The highest BCUT2D eigenvalue weighted by molar-refractivity contribution is 6.46. The predicted octanol–water partition coefficient (Wildman–Crippen LogP) is 3.56. The van der Waals surface area contributed by atoms with E-state index in [-0.39, 0.29) is 36.2 Å². The molecule has 176 valence electrons. The molecule has 1 aliphatic rings. The molecule has 0 saturated carbocycles. The van der Waals surface area contributed by atoms with E-state index in [1.165, 1.54) is 26.2 Å². The number of ketones is 1. The zero-order valence-corrected chi connectivity index (χ0v) is 19.5. The maximum absolute atomic E-state index is 13.2. The fraction of sp³-hybridized carbons (Fsp3) is 0.360. The van der Waals surface area contributed by atoms with Gasteiger partial charge in [-0.1, -0.05) is 12.1 Å². The molecule has 3 rings (SSSR count). The van der Waals surface area contributed by atoms with E-state index in [0.717, 1.165) is 0 Å². The highest BCUT2D eigenvalue weighted by Gasteiger charge is 2.46. The second-order valence-electron chi connectivity index (χ2n) is 7.75. The number of hydrogen-bond acceptors (Lipinski definition) is 7. The van der Waals surface area contributed by atoms with Crippen LogP contribution in [0.25, 0.3) is 5.76 Å². The van der Waals surface area contributed by atoms with E-state index in [1.807, 2.05) is 13.8 Å². The Morgan fingerprint density at radius 2 is 1.70 bits per heavy atom. The van der Waals surface area contributed by atoms with E-state index in [1.54, 1.807) is 42.5 Å². The first kappa shape index (κ1) is 24.1. The monoisotopic (exact) mass is 455 g/mol. The number of aliphatic hydroxyl groups excluding tert-OH is 1. The van der Waals surface area contributed by atoms with Crippen LogP contribution in [-0.2, 0) is 14.3 Å². The largest absolute Gasteiger partial charge is 0.507 e. The molecule has 1 fully saturated rings. The van der Waals surface area contributed by atoms with Gasteiger partial charge in [0.1, 0.15) is 23.0 Å². The van der Waals surface area contributed by atoms with Crippen LogP contribution in [0.2, 0.25) is 0 Å². The lowest BCUT2D eigenvalue weighted by atomic mass is 9.94. The molecule has 2 aromatic rings. The second-order valence-corrected chi connectivity index (χ2v) is 7.75. The average Bonchev–Trinajstić information content (AvgIpc) is 3.08. The Kier molecular flexibility index (Phi) is 7.60. The fourth-order valence-electron chi connectivity index (χ4n) is 3.80. The standard InChI is InChI=1S/C25H29NO7/c1-15(2)33-12-11-26-22(16-7-6-8-17(13-16)30-3)21(24(28)25(26)29)23(27)19-14-18(31-4)9-10-20(19)32-5/h6-10,13-15,22,27H,11-12H2,1-5H3/b23-21+. The normalized spacial score (nSPS) is 17.5. The van der Waals surface area contributed by atoms with Crippen molar-refractivity contribution in [1.82, 2.24) is 4.90 Å². The van der Waals surface area contributed by atoms with Crippen LogP contribution in [0.4, 0.5) is 0 Å². The van der Waals surface area contributed by atoms with Gasteiger partial charge >= 0.3 is 0 Å². The van der Waals surface area contributed by atoms with Gasteiger partial charge in [-0.3, -0.25) is 9.59 Å². The van der Waals surface area contributed by atoms with Gasteiger partial charge in [0.25, 0.3) is 11.7 Å². The molecule has 8 heteroatoms. The molecule has 8 nitrogen and oxygen atoms in total. The van der Waals surface area contributed by atoms with Crippen LogP contribution in [0.5, 0.6) is 17.2 Å². The first-order chi connectivity index (χ1) is 15.8. The number of amides is 1. The van der Waals surface area contributed by atoms with Crippen molar-refractivity contribution in [2.75, 3.05) is 34.5 Å². The van der Waals surface area contributed by atoms with Crippen molar-refractivity contribution in [3.63, 3.8) is 0 Å². The molecule has 1 unspecified atom stereocenters. The smallest absolute Gasteiger partial charge is 0.295 e. The number of benzene rings is 2. The van der Waals surface area contributed by atoms with E-state index in [9.17, 15) is 14.7 Å². The van der Waals surface area contributed by atoms with Crippen molar-refractivity contribution in [2.24, 2.45) is 0 Å². The van der Waals surface area contributed by atoms with E-state index in [2.05, 4.69) is 0 Å². The lowest BCUT2D eigenvalue weighted by Gasteiger charge is -2.26. The summed E-state index contributed by atoms with van der Waals surface area (Å²) in [4.78, 5) is 27.6.